The molecule has 12 heteroatoms. The minimum atomic E-state index is -3.80. The maximum Gasteiger partial charge on any atom is 0.307 e. The van der Waals surface area contributed by atoms with Gasteiger partial charge < -0.3 is 10.1 Å². The van der Waals surface area contributed by atoms with Crippen molar-refractivity contribution in [2.24, 2.45) is 0 Å². The molecule has 0 fully saturated rings. The van der Waals surface area contributed by atoms with E-state index in [4.69, 9.17) is 4.74 Å². The standard InChI is InChI=1S/C19H20FN3O7S/c1-12-3-6-15(7-4-12)31(28,29)21-10-9-18(24)30-13(2)19(25)22-14-5-8-16(20)17(11-14)23(26)27/h3-8,11,13,21H,9-10H2,1-2H3,(H,22,25). The molecule has 0 aromatic heterocycles. The highest BCUT2D eigenvalue weighted by atomic mass is 32.2. The second-order valence-electron chi connectivity index (χ2n) is 6.51. The predicted molar refractivity (Wildman–Crippen MR) is 108 cm³/mol. The van der Waals surface area contributed by atoms with Crippen LogP contribution in [0.5, 0.6) is 0 Å². The molecule has 1 atom stereocenters. The third-order valence-corrected chi connectivity index (χ3v) is 5.52. The number of rotatable bonds is 9. The van der Waals surface area contributed by atoms with Crippen molar-refractivity contribution in [3.8, 4) is 0 Å². The summed E-state index contributed by atoms with van der Waals surface area (Å²) in [7, 11) is -3.80. The number of benzene rings is 2. The highest BCUT2D eigenvalue weighted by Crippen LogP contribution is 2.21. The Morgan fingerprint density at radius 3 is 2.45 bits per heavy atom. The Bertz CT molecular complexity index is 1090. The predicted octanol–water partition coefficient (Wildman–Crippen LogP) is 2.28. The van der Waals surface area contributed by atoms with Gasteiger partial charge >= 0.3 is 11.7 Å². The number of hydrogen-bond donors (Lipinski definition) is 2. The number of sulfonamides is 1. The minimum absolute atomic E-state index is 0.0487. The lowest BCUT2D eigenvalue weighted by Gasteiger charge is -2.14. The van der Waals surface area contributed by atoms with E-state index in [9.17, 15) is 32.5 Å². The molecule has 0 saturated carbocycles. The van der Waals surface area contributed by atoms with E-state index >= 15 is 0 Å². The van der Waals surface area contributed by atoms with Crippen LogP contribution in [0.15, 0.2) is 47.4 Å². The molecule has 1 amide bonds. The third-order valence-electron chi connectivity index (χ3n) is 4.04. The summed E-state index contributed by atoms with van der Waals surface area (Å²) >= 11 is 0. The second kappa shape index (κ2) is 10.1. The zero-order chi connectivity index (χ0) is 23.2. The lowest BCUT2D eigenvalue weighted by molar-refractivity contribution is -0.387. The number of carbonyl (C=O) groups excluding carboxylic acids is 2. The molecule has 0 aliphatic rings. The number of anilines is 1. The topological polar surface area (TPSA) is 145 Å². The van der Waals surface area contributed by atoms with E-state index in [1.807, 2.05) is 6.92 Å². The normalized spacial score (nSPS) is 12.1. The molecule has 1 unspecified atom stereocenters. The number of ether oxygens (including phenoxy) is 1. The number of nitro groups is 1. The van der Waals surface area contributed by atoms with Crippen molar-refractivity contribution < 1.29 is 32.1 Å². The van der Waals surface area contributed by atoms with Crippen molar-refractivity contribution in [2.45, 2.75) is 31.3 Å². The molecule has 2 N–H and O–H groups in total. The first kappa shape index (κ1) is 23.9. The van der Waals surface area contributed by atoms with E-state index in [0.29, 0.717) is 0 Å². The average Bonchev–Trinajstić information content (AvgIpc) is 2.69. The number of carbonyl (C=O) groups is 2. The van der Waals surface area contributed by atoms with Gasteiger partial charge in [0.1, 0.15) is 0 Å². The smallest absolute Gasteiger partial charge is 0.307 e. The minimum Gasteiger partial charge on any atom is -0.452 e. The lowest BCUT2D eigenvalue weighted by Crippen LogP contribution is -2.32. The number of halogens is 1. The number of esters is 1. The molecule has 0 aliphatic carbocycles. The maximum absolute atomic E-state index is 13.3. The molecule has 0 heterocycles. The average molecular weight is 453 g/mol. The molecule has 0 aliphatic heterocycles. The van der Waals surface area contributed by atoms with Gasteiger partial charge in [-0.05, 0) is 38.1 Å². The summed E-state index contributed by atoms with van der Waals surface area (Å²) in [5.41, 5.74) is 0.0280. The summed E-state index contributed by atoms with van der Waals surface area (Å²) < 4.78 is 44.8. The zero-order valence-corrected chi connectivity index (χ0v) is 17.4. The molecular formula is C19H20FN3O7S. The fraction of sp³-hybridized carbons (Fsp3) is 0.263. The number of nitrogens with one attached hydrogen (secondary N) is 2. The molecule has 2 rings (SSSR count). The van der Waals surface area contributed by atoms with E-state index in [1.165, 1.54) is 19.1 Å². The van der Waals surface area contributed by atoms with Gasteiger partial charge in [0.05, 0.1) is 16.2 Å². The van der Waals surface area contributed by atoms with E-state index in [0.717, 1.165) is 23.8 Å². The fourth-order valence-electron chi connectivity index (χ4n) is 2.37. The molecule has 2 aromatic carbocycles. The highest BCUT2D eigenvalue weighted by Gasteiger charge is 2.21. The van der Waals surface area contributed by atoms with Crippen LogP contribution in [0.2, 0.25) is 0 Å². The van der Waals surface area contributed by atoms with Gasteiger partial charge in [-0.1, -0.05) is 17.7 Å². The van der Waals surface area contributed by atoms with E-state index in [1.54, 1.807) is 12.1 Å². The van der Waals surface area contributed by atoms with E-state index in [-0.39, 0.29) is 23.5 Å². The van der Waals surface area contributed by atoms with Gasteiger partial charge in [-0.25, -0.2) is 13.1 Å². The summed E-state index contributed by atoms with van der Waals surface area (Å²) in [5.74, 6) is -2.69. The monoisotopic (exact) mass is 453 g/mol. The van der Waals surface area contributed by atoms with Gasteiger partial charge in [0.25, 0.3) is 5.91 Å². The number of hydrogen-bond acceptors (Lipinski definition) is 7. The first-order chi connectivity index (χ1) is 14.5. The Labute approximate surface area is 177 Å². The van der Waals surface area contributed by atoms with E-state index in [2.05, 4.69) is 10.0 Å². The molecule has 0 spiro atoms. The summed E-state index contributed by atoms with van der Waals surface area (Å²) in [6, 6.07) is 8.92. The van der Waals surface area contributed by atoms with E-state index < -0.39 is 44.4 Å². The van der Waals surface area contributed by atoms with Gasteiger partial charge in [0.2, 0.25) is 15.8 Å². The Morgan fingerprint density at radius 1 is 1.19 bits per heavy atom. The van der Waals surface area contributed by atoms with Crippen molar-refractivity contribution in [1.29, 1.82) is 0 Å². The molecule has 0 bridgehead atoms. The number of nitrogens with zero attached hydrogens (tertiary/aromatic N) is 1. The highest BCUT2D eigenvalue weighted by molar-refractivity contribution is 7.89. The molecule has 10 nitrogen and oxygen atoms in total. The summed E-state index contributed by atoms with van der Waals surface area (Å²) in [6.07, 6.45) is -1.60. The quantitative estimate of drug-likeness (QED) is 0.337. The van der Waals surface area contributed by atoms with Gasteiger partial charge in [0.15, 0.2) is 6.10 Å². The van der Waals surface area contributed by atoms with Crippen LogP contribution in [0, 0.1) is 22.9 Å². The van der Waals surface area contributed by atoms with Crippen LogP contribution in [0.1, 0.15) is 18.9 Å². The second-order valence-corrected chi connectivity index (χ2v) is 8.27. The van der Waals surface area contributed by atoms with Gasteiger partial charge in [-0.2, -0.15) is 4.39 Å². The Hall–Kier alpha value is -3.38. The molecule has 2 aromatic rings. The van der Waals surface area contributed by atoms with Gasteiger partial charge in [-0.3, -0.25) is 19.7 Å². The van der Waals surface area contributed by atoms with Crippen LogP contribution < -0.4 is 10.0 Å². The van der Waals surface area contributed by atoms with Crippen LogP contribution in [0.25, 0.3) is 0 Å². The first-order valence-corrected chi connectivity index (χ1v) is 10.5. The van der Waals surface area contributed by atoms with Crippen LogP contribution in [-0.4, -0.2) is 37.9 Å². The fourth-order valence-corrected chi connectivity index (χ4v) is 3.40. The van der Waals surface area contributed by atoms with Crippen molar-refractivity contribution in [3.05, 3.63) is 64.0 Å². The first-order valence-electron chi connectivity index (χ1n) is 9.00. The van der Waals surface area contributed by atoms with Gasteiger partial charge in [0, 0.05) is 18.3 Å². The summed E-state index contributed by atoms with van der Waals surface area (Å²) in [6.45, 7) is 2.84. The number of amides is 1. The van der Waals surface area contributed by atoms with Crippen molar-refractivity contribution in [3.63, 3.8) is 0 Å². The summed E-state index contributed by atoms with van der Waals surface area (Å²) in [5, 5.41) is 13.0. The largest absolute Gasteiger partial charge is 0.452 e. The van der Waals surface area contributed by atoms with Crippen LogP contribution >= 0.6 is 0 Å². The number of nitro benzene ring substituents is 1. The van der Waals surface area contributed by atoms with Crippen molar-refractivity contribution >= 4 is 33.3 Å². The molecule has 31 heavy (non-hydrogen) atoms. The zero-order valence-electron chi connectivity index (χ0n) is 16.6. The van der Waals surface area contributed by atoms with Crippen LogP contribution in [-0.2, 0) is 24.3 Å². The molecular weight excluding hydrogens is 433 g/mol. The molecule has 0 saturated heterocycles. The number of aryl methyl sites for hydroxylation is 1. The third kappa shape index (κ3) is 6.83. The Balaban J connectivity index is 1.85. The molecule has 166 valence electrons. The lowest BCUT2D eigenvalue weighted by atomic mass is 10.2. The summed E-state index contributed by atoms with van der Waals surface area (Å²) in [4.78, 5) is 33.8. The SMILES string of the molecule is Cc1ccc(S(=O)(=O)NCCC(=O)OC(C)C(=O)Nc2ccc(F)c([N+](=O)[O-])c2)cc1. The van der Waals surface area contributed by atoms with Crippen molar-refractivity contribution in [1.82, 2.24) is 4.72 Å². The van der Waals surface area contributed by atoms with Crippen LogP contribution in [0.3, 0.4) is 0 Å². The van der Waals surface area contributed by atoms with Gasteiger partial charge in [-0.15, -0.1) is 0 Å². The Kier molecular flexibility index (Phi) is 7.78. The Morgan fingerprint density at radius 2 is 1.84 bits per heavy atom. The maximum atomic E-state index is 13.3. The van der Waals surface area contributed by atoms with Crippen LogP contribution in [0.4, 0.5) is 15.8 Å². The molecule has 0 radical (unpaired) electrons. The van der Waals surface area contributed by atoms with Crippen molar-refractivity contribution in [2.75, 3.05) is 11.9 Å².